The summed E-state index contributed by atoms with van der Waals surface area (Å²) in [5, 5.41) is 9.66. The van der Waals surface area contributed by atoms with Crippen LogP contribution < -0.4 is 5.32 Å². The van der Waals surface area contributed by atoms with Crippen LogP contribution in [0.1, 0.15) is 11.1 Å². The maximum atomic E-state index is 5.31. The summed E-state index contributed by atoms with van der Waals surface area (Å²) in [7, 11) is 1.82. The van der Waals surface area contributed by atoms with Crippen LogP contribution in [-0.4, -0.2) is 23.4 Å². The molecule has 0 heterocycles. The van der Waals surface area contributed by atoms with Gasteiger partial charge in [-0.1, -0.05) is 48.0 Å². The lowest BCUT2D eigenvalue weighted by Gasteiger charge is -2.15. The predicted octanol–water partition coefficient (Wildman–Crippen LogP) is 3.66. The second-order valence-electron chi connectivity index (χ2n) is 4.48. The predicted molar refractivity (Wildman–Crippen MR) is 89.2 cm³/mol. The number of hydrogen-bond acceptors (Lipinski definition) is 2. The molecular weight excluding hydrogens is 266 g/mol. The Labute approximate surface area is 124 Å². The van der Waals surface area contributed by atoms with Crippen molar-refractivity contribution < 1.29 is 0 Å². The van der Waals surface area contributed by atoms with Gasteiger partial charge in [-0.05, 0) is 36.8 Å². The molecule has 0 atom stereocenters. The number of anilines is 1. The first-order chi connectivity index (χ1) is 9.65. The minimum atomic E-state index is 0.557. The fraction of sp³-hybridized carbons (Fsp3) is 0.125. The molecule has 0 saturated heterocycles. The summed E-state index contributed by atoms with van der Waals surface area (Å²) < 4.78 is 0. The molecule has 1 N–H and O–H groups in total. The molecule has 0 saturated carbocycles. The molecule has 0 bridgehead atoms. The van der Waals surface area contributed by atoms with Crippen molar-refractivity contribution >= 4 is 29.2 Å². The molecule has 20 heavy (non-hydrogen) atoms. The highest BCUT2D eigenvalue weighted by Crippen LogP contribution is 2.09. The van der Waals surface area contributed by atoms with Gasteiger partial charge in [-0.25, -0.2) is 5.01 Å². The standard InChI is InChI=1S/C16H17N3S/c1-13-8-10-15(11-9-13)18-16(20)19(2)17-12-14-6-4-3-5-7-14/h3-12H,1-2H3,(H,18,20)/b17-12+. The molecule has 0 amide bonds. The van der Waals surface area contributed by atoms with Gasteiger partial charge in [-0.15, -0.1) is 0 Å². The van der Waals surface area contributed by atoms with Crippen molar-refractivity contribution in [2.45, 2.75) is 6.92 Å². The highest BCUT2D eigenvalue weighted by atomic mass is 32.1. The van der Waals surface area contributed by atoms with Crippen LogP contribution >= 0.6 is 12.2 Å². The largest absolute Gasteiger partial charge is 0.331 e. The van der Waals surface area contributed by atoms with Crippen LogP contribution in [0, 0.1) is 6.92 Å². The van der Waals surface area contributed by atoms with Gasteiger partial charge in [0, 0.05) is 12.7 Å². The van der Waals surface area contributed by atoms with E-state index in [4.69, 9.17) is 12.2 Å². The number of benzene rings is 2. The zero-order valence-electron chi connectivity index (χ0n) is 11.6. The second-order valence-corrected chi connectivity index (χ2v) is 4.86. The average molecular weight is 283 g/mol. The third-order valence-electron chi connectivity index (χ3n) is 2.78. The van der Waals surface area contributed by atoms with Gasteiger partial charge in [0.2, 0.25) is 0 Å². The Balaban J connectivity index is 1.95. The van der Waals surface area contributed by atoms with E-state index in [2.05, 4.69) is 17.3 Å². The quantitative estimate of drug-likeness (QED) is 0.529. The Morgan fingerprint density at radius 2 is 1.75 bits per heavy atom. The number of hydrogen-bond donors (Lipinski definition) is 1. The Morgan fingerprint density at radius 3 is 2.40 bits per heavy atom. The summed E-state index contributed by atoms with van der Waals surface area (Å²) >= 11 is 5.31. The molecule has 0 unspecified atom stereocenters. The number of hydrazone groups is 1. The molecule has 2 rings (SSSR count). The molecule has 2 aromatic carbocycles. The monoisotopic (exact) mass is 283 g/mol. The zero-order chi connectivity index (χ0) is 14.4. The first-order valence-corrected chi connectivity index (χ1v) is 6.76. The highest BCUT2D eigenvalue weighted by molar-refractivity contribution is 7.80. The summed E-state index contributed by atoms with van der Waals surface area (Å²) in [6.45, 7) is 2.05. The van der Waals surface area contributed by atoms with E-state index < -0.39 is 0 Å². The zero-order valence-corrected chi connectivity index (χ0v) is 12.4. The molecule has 3 nitrogen and oxygen atoms in total. The Morgan fingerprint density at radius 1 is 1.10 bits per heavy atom. The highest BCUT2D eigenvalue weighted by Gasteiger charge is 2.02. The van der Waals surface area contributed by atoms with E-state index in [1.807, 2.05) is 61.6 Å². The first kappa shape index (κ1) is 14.2. The van der Waals surface area contributed by atoms with Crippen LogP contribution in [0.5, 0.6) is 0 Å². The summed E-state index contributed by atoms with van der Waals surface area (Å²) in [6, 6.07) is 18.0. The number of rotatable bonds is 3. The average Bonchev–Trinajstić information content (AvgIpc) is 2.48. The third kappa shape index (κ3) is 4.17. The number of aryl methyl sites for hydroxylation is 1. The third-order valence-corrected chi connectivity index (χ3v) is 3.14. The second kappa shape index (κ2) is 6.82. The topological polar surface area (TPSA) is 27.6 Å². The van der Waals surface area contributed by atoms with E-state index in [0.717, 1.165) is 11.3 Å². The number of nitrogens with one attached hydrogen (secondary N) is 1. The SMILES string of the molecule is Cc1ccc(NC(=S)N(C)/N=C/c2ccccc2)cc1. The van der Waals surface area contributed by atoms with Crippen LogP contribution in [0.25, 0.3) is 0 Å². The summed E-state index contributed by atoms with van der Waals surface area (Å²) in [4.78, 5) is 0. The number of nitrogens with zero attached hydrogens (tertiary/aromatic N) is 2. The maximum absolute atomic E-state index is 5.31. The van der Waals surface area contributed by atoms with Gasteiger partial charge in [-0.2, -0.15) is 5.10 Å². The molecule has 0 radical (unpaired) electrons. The normalized spacial score (nSPS) is 10.5. The van der Waals surface area contributed by atoms with Gasteiger partial charge < -0.3 is 5.32 Å². The van der Waals surface area contributed by atoms with Crippen LogP contribution in [0.15, 0.2) is 59.7 Å². The summed E-state index contributed by atoms with van der Waals surface area (Å²) in [5.74, 6) is 0. The lowest BCUT2D eigenvalue weighted by atomic mass is 10.2. The van der Waals surface area contributed by atoms with E-state index in [9.17, 15) is 0 Å². The van der Waals surface area contributed by atoms with Gasteiger partial charge in [0.05, 0.1) is 6.21 Å². The number of thiocarbonyl (C=S) groups is 1. The van der Waals surface area contributed by atoms with Gasteiger partial charge in [0.25, 0.3) is 0 Å². The Bertz CT molecular complexity index is 591. The van der Waals surface area contributed by atoms with Gasteiger partial charge in [0.15, 0.2) is 5.11 Å². The summed E-state index contributed by atoms with van der Waals surface area (Å²) in [5.41, 5.74) is 3.22. The maximum Gasteiger partial charge on any atom is 0.193 e. The van der Waals surface area contributed by atoms with Crippen molar-refractivity contribution in [2.75, 3.05) is 12.4 Å². The molecule has 0 fully saturated rings. The minimum absolute atomic E-state index is 0.557. The van der Waals surface area contributed by atoms with Crippen molar-refractivity contribution in [3.63, 3.8) is 0 Å². The Kier molecular flexibility index (Phi) is 4.85. The Hall–Kier alpha value is -2.20. The van der Waals surface area contributed by atoms with Crippen molar-refractivity contribution in [2.24, 2.45) is 5.10 Å². The van der Waals surface area contributed by atoms with Crippen LogP contribution in [0.2, 0.25) is 0 Å². The lowest BCUT2D eigenvalue weighted by Crippen LogP contribution is -2.26. The molecule has 0 spiro atoms. The van der Waals surface area contributed by atoms with E-state index in [0.29, 0.717) is 5.11 Å². The van der Waals surface area contributed by atoms with Crippen LogP contribution in [0.4, 0.5) is 5.69 Å². The van der Waals surface area contributed by atoms with E-state index in [1.165, 1.54) is 5.56 Å². The van der Waals surface area contributed by atoms with E-state index >= 15 is 0 Å². The molecule has 2 aromatic rings. The lowest BCUT2D eigenvalue weighted by molar-refractivity contribution is 0.557. The molecular formula is C16H17N3S. The molecule has 0 aliphatic rings. The minimum Gasteiger partial charge on any atom is -0.331 e. The van der Waals surface area contributed by atoms with Crippen LogP contribution in [0.3, 0.4) is 0 Å². The molecule has 0 aliphatic heterocycles. The van der Waals surface area contributed by atoms with Crippen molar-refractivity contribution in [1.82, 2.24) is 5.01 Å². The van der Waals surface area contributed by atoms with Gasteiger partial charge in [-0.3, -0.25) is 0 Å². The first-order valence-electron chi connectivity index (χ1n) is 6.35. The molecule has 0 aromatic heterocycles. The van der Waals surface area contributed by atoms with Crippen molar-refractivity contribution in [3.8, 4) is 0 Å². The van der Waals surface area contributed by atoms with E-state index in [1.54, 1.807) is 11.2 Å². The van der Waals surface area contributed by atoms with E-state index in [-0.39, 0.29) is 0 Å². The van der Waals surface area contributed by atoms with Gasteiger partial charge in [0.1, 0.15) is 0 Å². The molecule has 102 valence electrons. The summed E-state index contributed by atoms with van der Waals surface area (Å²) in [6.07, 6.45) is 1.78. The smallest absolute Gasteiger partial charge is 0.193 e. The molecule has 0 aliphatic carbocycles. The van der Waals surface area contributed by atoms with Crippen LogP contribution in [-0.2, 0) is 0 Å². The van der Waals surface area contributed by atoms with Crippen molar-refractivity contribution in [3.05, 3.63) is 65.7 Å². The molecule has 4 heteroatoms. The fourth-order valence-corrected chi connectivity index (χ4v) is 1.75. The van der Waals surface area contributed by atoms with Gasteiger partial charge >= 0.3 is 0 Å². The fourth-order valence-electron chi connectivity index (χ4n) is 1.59. The van der Waals surface area contributed by atoms with Crippen molar-refractivity contribution in [1.29, 1.82) is 0 Å².